The quantitative estimate of drug-likeness (QED) is 0.688. The highest BCUT2D eigenvalue weighted by Crippen LogP contribution is 2.28. The van der Waals surface area contributed by atoms with E-state index >= 15 is 0 Å². The summed E-state index contributed by atoms with van der Waals surface area (Å²) in [5.74, 6) is 2.45. The van der Waals surface area contributed by atoms with Crippen LogP contribution in [0.5, 0.6) is 0 Å². The zero-order chi connectivity index (χ0) is 14.5. The molecule has 1 aromatic rings. The van der Waals surface area contributed by atoms with Crippen LogP contribution in [-0.4, -0.2) is 13.1 Å². The van der Waals surface area contributed by atoms with Crippen LogP contribution in [0.15, 0.2) is 24.3 Å². The van der Waals surface area contributed by atoms with Gasteiger partial charge in [0.25, 0.3) is 0 Å². The van der Waals surface area contributed by atoms with Crippen LogP contribution in [0, 0.1) is 11.8 Å². The molecular formula is C19H31N. The largest absolute Gasteiger partial charge is 0.372 e. The van der Waals surface area contributed by atoms with Crippen molar-refractivity contribution in [2.24, 2.45) is 11.8 Å². The van der Waals surface area contributed by atoms with Gasteiger partial charge in [-0.1, -0.05) is 52.7 Å². The summed E-state index contributed by atoms with van der Waals surface area (Å²) in [7, 11) is 0. The Morgan fingerprint density at radius 1 is 1.00 bits per heavy atom. The van der Waals surface area contributed by atoms with Crippen molar-refractivity contribution in [2.45, 2.75) is 59.3 Å². The lowest BCUT2D eigenvalue weighted by Crippen LogP contribution is -2.33. The second-order valence-electron chi connectivity index (χ2n) is 7.15. The van der Waals surface area contributed by atoms with Gasteiger partial charge < -0.3 is 4.90 Å². The van der Waals surface area contributed by atoms with E-state index in [1.54, 1.807) is 0 Å². The van der Waals surface area contributed by atoms with Gasteiger partial charge in [0.1, 0.15) is 0 Å². The second kappa shape index (κ2) is 7.15. The highest BCUT2D eigenvalue weighted by atomic mass is 15.1. The molecule has 1 heteroatoms. The zero-order valence-corrected chi connectivity index (χ0v) is 13.7. The van der Waals surface area contributed by atoms with E-state index in [-0.39, 0.29) is 0 Å². The molecule has 0 radical (unpaired) electrons. The average molecular weight is 273 g/mol. The molecule has 0 bridgehead atoms. The third-order valence-corrected chi connectivity index (χ3v) is 4.69. The lowest BCUT2D eigenvalue weighted by atomic mass is 9.89. The molecule has 0 atom stereocenters. The molecule has 0 unspecified atom stereocenters. The first-order chi connectivity index (χ1) is 9.56. The number of hydrogen-bond acceptors (Lipinski definition) is 1. The maximum Gasteiger partial charge on any atom is 0.0366 e. The van der Waals surface area contributed by atoms with Crippen molar-refractivity contribution in [3.05, 3.63) is 29.8 Å². The van der Waals surface area contributed by atoms with Gasteiger partial charge in [-0.15, -0.1) is 0 Å². The molecular weight excluding hydrogens is 242 g/mol. The van der Waals surface area contributed by atoms with E-state index < -0.39 is 0 Å². The number of piperidine rings is 1. The first kappa shape index (κ1) is 15.4. The van der Waals surface area contributed by atoms with Gasteiger partial charge in [0.15, 0.2) is 0 Å². The third-order valence-electron chi connectivity index (χ3n) is 4.69. The number of nitrogens with zero attached hydrogens (tertiary/aromatic N) is 1. The molecule has 0 aliphatic carbocycles. The molecule has 0 aromatic heterocycles. The van der Waals surface area contributed by atoms with E-state index in [1.807, 2.05) is 0 Å². The molecule has 2 rings (SSSR count). The van der Waals surface area contributed by atoms with Crippen LogP contribution in [0.2, 0.25) is 0 Å². The van der Waals surface area contributed by atoms with Gasteiger partial charge in [-0.05, 0) is 48.3 Å². The summed E-state index contributed by atoms with van der Waals surface area (Å²) >= 11 is 0. The standard InChI is InChI=1S/C19H31N/c1-15(2)5-6-17-11-13-20(14-12-17)19-9-7-18(8-10-19)16(3)4/h7-10,15-17H,5-6,11-14H2,1-4H3. The summed E-state index contributed by atoms with van der Waals surface area (Å²) in [5.41, 5.74) is 2.86. The Balaban J connectivity index is 1.84. The predicted molar refractivity (Wildman–Crippen MR) is 89.5 cm³/mol. The minimum absolute atomic E-state index is 0.630. The van der Waals surface area contributed by atoms with E-state index in [0.29, 0.717) is 5.92 Å². The highest BCUT2D eigenvalue weighted by molar-refractivity contribution is 5.48. The maximum absolute atomic E-state index is 2.57. The Morgan fingerprint density at radius 3 is 2.10 bits per heavy atom. The van der Waals surface area contributed by atoms with Crippen LogP contribution in [-0.2, 0) is 0 Å². The molecule has 1 heterocycles. The summed E-state index contributed by atoms with van der Waals surface area (Å²) in [4.78, 5) is 2.57. The SMILES string of the molecule is CC(C)CCC1CCN(c2ccc(C(C)C)cc2)CC1. The number of anilines is 1. The van der Waals surface area contributed by atoms with E-state index in [1.165, 1.54) is 50.0 Å². The van der Waals surface area contributed by atoms with Crippen LogP contribution < -0.4 is 4.90 Å². The lowest BCUT2D eigenvalue weighted by molar-refractivity contribution is 0.351. The fourth-order valence-electron chi connectivity index (χ4n) is 3.12. The van der Waals surface area contributed by atoms with Crippen molar-refractivity contribution in [2.75, 3.05) is 18.0 Å². The molecule has 0 N–H and O–H groups in total. The van der Waals surface area contributed by atoms with Crippen molar-refractivity contribution >= 4 is 5.69 Å². The Kier molecular flexibility index (Phi) is 5.51. The smallest absolute Gasteiger partial charge is 0.0366 e. The molecule has 1 aromatic carbocycles. The predicted octanol–water partition coefficient (Wildman–Crippen LogP) is 5.46. The second-order valence-corrected chi connectivity index (χ2v) is 7.15. The topological polar surface area (TPSA) is 3.24 Å². The maximum atomic E-state index is 2.57. The van der Waals surface area contributed by atoms with Gasteiger partial charge in [-0.2, -0.15) is 0 Å². The van der Waals surface area contributed by atoms with Crippen molar-refractivity contribution in [1.29, 1.82) is 0 Å². The van der Waals surface area contributed by atoms with Gasteiger partial charge in [-0.3, -0.25) is 0 Å². The van der Waals surface area contributed by atoms with Crippen LogP contribution in [0.4, 0.5) is 5.69 Å². The first-order valence-corrected chi connectivity index (χ1v) is 8.41. The van der Waals surface area contributed by atoms with Gasteiger partial charge in [0, 0.05) is 18.8 Å². The van der Waals surface area contributed by atoms with E-state index in [0.717, 1.165) is 11.8 Å². The molecule has 1 aliphatic heterocycles. The summed E-state index contributed by atoms with van der Waals surface area (Å²) < 4.78 is 0. The van der Waals surface area contributed by atoms with Gasteiger partial charge >= 0.3 is 0 Å². The summed E-state index contributed by atoms with van der Waals surface area (Å²) in [6, 6.07) is 9.21. The Morgan fingerprint density at radius 2 is 1.60 bits per heavy atom. The average Bonchev–Trinajstić information content (AvgIpc) is 2.46. The molecule has 0 spiro atoms. The molecule has 1 nitrogen and oxygen atoms in total. The Bertz CT molecular complexity index is 383. The van der Waals surface area contributed by atoms with E-state index in [2.05, 4.69) is 56.9 Å². The zero-order valence-electron chi connectivity index (χ0n) is 13.7. The summed E-state index contributed by atoms with van der Waals surface area (Å²) in [5, 5.41) is 0. The summed E-state index contributed by atoms with van der Waals surface area (Å²) in [6.07, 6.45) is 5.57. The van der Waals surface area contributed by atoms with Crippen molar-refractivity contribution < 1.29 is 0 Å². The van der Waals surface area contributed by atoms with E-state index in [4.69, 9.17) is 0 Å². The van der Waals surface area contributed by atoms with Crippen LogP contribution >= 0.6 is 0 Å². The normalized spacial score (nSPS) is 17.2. The molecule has 1 aliphatic rings. The number of benzene rings is 1. The molecule has 1 fully saturated rings. The molecule has 1 saturated heterocycles. The fraction of sp³-hybridized carbons (Fsp3) is 0.684. The first-order valence-electron chi connectivity index (χ1n) is 8.41. The number of rotatable bonds is 5. The molecule has 112 valence electrons. The third kappa shape index (κ3) is 4.26. The number of hydrogen-bond donors (Lipinski definition) is 0. The van der Waals surface area contributed by atoms with Gasteiger partial charge in [0.05, 0.1) is 0 Å². The fourth-order valence-corrected chi connectivity index (χ4v) is 3.12. The molecule has 20 heavy (non-hydrogen) atoms. The Labute approximate surface area is 125 Å². The minimum Gasteiger partial charge on any atom is -0.372 e. The highest BCUT2D eigenvalue weighted by Gasteiger charge is 2.19. The van der Waals surface area contributed by atoms with Gasteiger partial charge in [-0.25, -0.2) is 0 Å². The Hall–Kier alpha value is -0.980. The minimum atomic E-state index is 0.630. The lowest BCUT2D eigenvalue weighted by Gasteiger charge is -2.34. The van der Waals surface area contributed by atoms with Crippen LogP contribution in [0.25, 0.3) is 0 Å². The van der Waals surface area contributed by atoms with Crippen LogP contribution in [0.3, 0.4) is 0 Å². The monoisotopic (exact) mass is 273 g/mol. The van der Waals surface area contributed by atoms with Crippen molar-refractivity contribution in [1.82, 2.24) is 0 Å². The van der Waals surface area contributed by atoms with Gasteiger partial charge in [0.2, 0.25) is 0 Å². The summed E-state index contributed by atoms with van der Waals surface area (Å²) in [6.45, 7) is 11.7. The van der Waals surface area contributed by atoms with Crippen LogP contribution in [0.1, 0.15) is 64.9 Å². The molecule has 0 amide bonds. The van der Waals surface area contributed by atoms with Crippen molar-refractivity contribution in [3.63, 3.8) is 0 Å². The molecule has 0 saturated carbocycles. The van der Waals surface area contributed by atoms with E-state index in [9.17, 15) is 0 Å². The van der Waals surface area contributed by atoms with Crippen molar-refractivity contribution in [3.8, 4) is 0 Å².